The number of aliphatic carboxylic acids is 1. The maximum atomic E-state index is 11.8. The van der Waals surface area contributed by atoms with Gasteiger partial charge in [0.25, 0.3) is 0 Å². The van der Waals surface area contributed by atoms with Gasteiger partial charge in [-0.05, 0) is 30.4 Å². The van der Waals surface area contributed by atoms with Crippen LogP contribution in [0.5, 0.6) is 0 Å². The third-order valence-electron chi connectivity index (χ3n) is 3.91. The van der Waals surface area contributed by atoms with Crippen molar-refractivity contribution in [2.24, 2.45) is 5.41 Å². The summed E-state index contributed by atoms with van der Waals surface area (Å²) < 4.78 is 0. The van der Waals surface area contributed by atoms with E-state index in [4.69, 9.17) is 5.11 Å². The molecule has 0 fully saturated rings. The number of aliphatic hydroxyl groups excluding tert-OH is 1. The molecule has 0 aliphatic heterocycles. The lowest BCUT2D eigenvalue weighted by Gasteiger charge is -2.34. The summed E-state index contributed by atoms with van der Waals surface area (Å²) in [6.07, 6.45) is 1.48. The highest BCUT2D eigenvalue weighted by Gasteiger charge is 2.43. The fourth-order valence-electron chi connectivity index (χ4n) is 2.77. The number of hydrogen-bond donors (Lipinski definition) is 3. The number of fused-ring (bicyclic) bond motifs is 1. The van der Waals surface area contributed by atoms with Crippen molar-refractivity contribution in [3.8, 4) is 0 Å². The van der Waals surface area contributed by atoms with E-state index in [0.29, 0.717) is 19.3 Å². The van der Waals surface area contributed by atoms with Crippen molar-refractivity contribution < 1.29 is 19.8 Å². The third-order valence-corrected chi connectivity index (χ3v) is 3.91. The number of carboxylic acid groups (broad SMARTS) is 1. The minimum Gasteiger partial charge on any atom is -0.481 e. The van der Waals surface area contributed by atoms with Gasteiger partial charge in [0.2, 0.25) is 5.91 Å². The van der Waals surface area contributed by atoms with E-state index >= 15 is 0 Å². The maximum Gasteiger partial charge on any atom is 0.310 e. The molecule has 5 heteroatoms. The van der Waals surface area contributed by atoms with Crippen LogP contribution in [0.2, 0.25) is 0 Å². The Bertz CT molecular complexity index is 514. The Morgan fingerprint density at radius 1 is 1.25 bits per heavy atom. The normalized spacial score (nSPS) is 21.1. The lowest BCUT2D eigenvalue weighted by Crippen LogP contribution is -2.42. The summed E-state index contributed by atoms with van der Waals surface area (Å²) in [5.41, 5.74) is 1.14. The van der Waals surface area contributed by atoms with E-state index in [-0.39, 0.29) is 25.5 Å². The van der Waals surface area contributed by atoms with Crippen LogP contribution in [0.3, 0.4) is 0 Å². The fraction of sp³-hybridized carbons (Fsp3) is 0.467. The molecule has 3 N–H and O–H groups in total. The first-order valence-corrected chi connectivity index (χ1v) is 6.75. The van der Waals surface area contributed by atoms with Crippen molar-refractivity contribution in [3.63, 3.8) is 0 Å². The summed E-state index contributed by atoms with van der Waals surface area (Å²) in [5, 5.41) is 20.8. The molecule has 108 valence electrons. The van der Waals surface area contributed by atoms with E-state index < -0.39 is 11.4 Å². The summed E-state index contributed by atoms with van der Waals surface area (Å²) >= 11 is 0. The van der Waals surface area contributed by atoms with Crippen molar-refractivity contribution in [2.75, 3.05) is 13.2 Å². The highest BCUT2D eigenvalue weighted by atomic mass is 16.4. The molecule has 0 saturated carbocycles. The summed E-state index contributed by atoms with van der Waals surface area (Å²) in [6, 6.07) is 7.77. The second-order valence-corrected chi connectivity index (χ2v) is 5.28. The molecule has 0 bridgehead atoms. The SMILES string of the molecule is O=C(CC1(C(=O)O)CCc2ccccc2C1)NCCO. The molecule has 5 nitrogen and oxygen atoms in total. The lowest BCUT2D eigenvalue weighted by molar-refractivity contribution is -0.152. The zero-order valence-corrected chi connectivity index (χ0v) is 11.3. The van der Waals surface area contributed by atoms with Crippen molar-refractivity contribution in [1.82, 2.24) is 5.32 Å². The van der Waals surface area contributed by atoms with E-state index in [1.54, 1.807) is 0 Å². The molecule has 1 atom stereocenters. The second kappa shape index (κ2) is 6.05. The van der Waals surface area contributed by atoms with Gasteiger partial charge in [0.1, 0.15) is 0 Å². The van der Waals surface area contributed by atoms with Crippen molar-refractivity contribution in [2.45, 2.75) is 25.7 Å². The molecule has 0 spiro atoms. The number of amides is 1. The molecule has 1 aromatic carbocycles. The van der Waals surface area contributed by atoms with Gasteiger partial charge >= 0.3 is 5.97 Å². The predicted molar refractivity (Wildman–Crippen MR) is 73.2 cm³/mol. The van der Waals surface area contributed by atoms with Gasteiger partial charge < -0.3 is 15.5 Å². The first-order chi connectivity index (χ1) is 9.57. The standard InChI is InChI=1S/C15H19NO4/c17-8-7-16-13(18)10-15(14(19)20)6-5-11-3-1-2-4-12(11)9-15/h1-4,17H,5-10H2,(H,16,18)(H,19,20). The smallest absolute Gasteiger partial charge is 0.310 e. The Labute approximate surface area is 117 Å². The molecule has 1 amide bonds. The van der Waals surface area contributed by atoms with Crippen LogP contribution in [0, 0.1) is 5.41 Å². The lowest BCUT2D eigenvalue weighted by atomic mass is 9.69. The van der Waals surface area contributed by atoms with Crippen molar-refractivity contribution in [3.05, 3.63) is 35.4 Å². The predicted octanol–water partition coefficient (Wildman–Crippen LogP) is 0.745. The van der Waals surface area contributed by atoms with Crippen molar-refractivity contribution >= 4 is 11.9 Å². The highest BCUT2D eigenvalue weighted by molar-refractivity contribution is 5.85. The van der Waals surface area contributed by atoms with Gasteiger partial charge in [-0.15, -0.1) is 0 Å². The van der Waals surface area contributed by atoms with Crippen LogP contribution in [0.1, 0.15) is 24.0 Å². The van der Waals surface area contributed by atoms with Gasteiger partial charge in [0, 0.05) is 13.0 Å². The molecule has 0 aromatic heterocycles. The summed E-state index contributed by atoms with van der Waals surface area (Å²) in [5.74, 6) is -1.24. The Hall–Kier alpha value is -1.88. The largest absolute Gasteiger partial charge is 0.481 e. The quantitative estimate of drug-likeness (QED) is 0.741. The van der Waals surface area contributed by atoms with Crippen LogP contribution in [-0.2, 0) is 22.4 Å². The molecule has 1 aliphatic carbocycles. The second-order valence-electron chi connectivity index (χ2n) is 5.28. The summed E-state index contributed by atoms with van der Waals surface area (Å²) in [4.78, 5) is 23.5. The first-order valence-electron chi connectivity index (χ1n) is 6.75. The van der Waals surface area contributed by atoms with Crippen LogP contribution in [-0.4, -0.2) is 35.2 Å². The van der Waals surface area contributed by atoms with Gasteiger partial charge in [-0.3, -0.25) is 9.59 Å². The topological polar surface area (TPSA) is 86.6 Å². The average molecular weight is 277 g/mol. The molecular weight excluding hydrogens is 258 g/mol. The van der Waals surface area contributed by atoms with Gasteiger partial charge in [0.05, 0.1) is 12.0 Å². The number of aliphatic hydroxyl groups is 1. The van der Waals surface area contributed by atoms with Gasteiger partial charge in [-0.2, -0.15) is 0 Å². The van der Waals surface area contributed by atoms with E-state index in [9.17, 15) is 14.7 Å². The van der Waals surface area contributed by atoms with Crippen LogP contribution >= 0.6 is 0 Å². The monoisotopic (exact) mass is 277 g/mol. The number of hydrogen-bond acceptors (Lipinski definition) is 3. The van der Waals surface area contributed by atoms with E-state index in [2.05, 4.69) is 5.32 Å². The van der Waals surface area contributed by atoms with Crippen LogP contribution in [0.4, 0.5) is 0 Å². The molecule has 1 aromatic rings. The number of carboxylic acids is 1. The van der Waals surface area contributed by atoms with Gasteiger partial charge in [-0.25, -0.2) is 0 Å². The number of rotatable bonds is 5. The number of carbonyl (C=O) groups is 2. The fourth-order valence-corrected chi connectivity index (χ4v) is 2.77. The Balaban J connectivity index is 2.16. The molecule has 1 unspecified atom stereocenters. The van der Waals surface area contributed by atoms with Crippen LogP contribution < -0.4 is 5.32 Å². The molecule has 0 heterocycles. The molecule has 1 aliphatic rings. The number of aryl methyl sites for hydroxylation is 1. The summed E-state index contributed by atoms with van der Waals surface area (Å²) in [7, 11) is 0. The van der Waals surface area contributed by atoms with E-state index in [0.717, 1.165) is 5.56 Å². The highest BCUT2D eigenvalue weighted by Crippen LogP contribution is 2.38. The molecule has 0 saturated heterocycles. The Kier molecular flexibility index (Phi) is 4.39. The zero-order valence-electron chi connectivity index (χ0n) is 11.3. The van der Waals surface area contributed by atoms with Crippen LogP contribution in [0.15, 0.2) is 24.3 Å². The minimum atomic E-state index is -1.03. The maximum absolute atomic E-state index is 11.8. The first kappa shape index (κ1) is 14.5. The van der Waals surface area contributed by atoms with Gasteiger partial charge in [0.15, 0.2) is 0 Å². The Morgan fingerprint density at radius 3 is 2.60 bits per heavy atom. The van der Waals surface area contributed by atoms with E-state index in [1.807, 2.05) is 24.3 Å². The zero-order chi connectivity index (χ0) is 14.6. The minimum absolute atomic E-state index is 0.0450. The number of carbonyl (C=O) groups excluding carboxylic acids is 1. The van der Waals surface area contributed by atoms with Gasteiger partial charge in [-0.1, -0.05) is 24.3 Å². The summed E-state index contributed by atoms with van der Waals surface area (Å²) in [6.45, 7) is 0.0137. The third kappa shape index (κ3) is 2.99. The molecule has 20 heavy (non-hydrogen) atoms. The van der Waals surface area contributed by atoms with Crippen molar-refractivity contribution in [1.29, 1.82) is 0 Å². The average Bonchev–Trinajstić information content (AvgIpc) is 2.44. The Morgan fingerprint density at radius 2 is 1.95 bits per heavy atom. The van der Waals surface area contributed by atoms with E-state index in [1.165, 1.54) is 5.56 Å². The number of nitrogens with one attached hydrogen (secondary N) is 1. The molecule has 0 radical (unpaired) electrons. The number of benzene rings is 1. The molecular formula is C15H19NO4. The van der Waals surface area contributed by atoms with Crippen LogP contribution in [0.25, 0.3) is 0 Å². The molecule has 2 rings (SSSR count).